The van der Waals surface area contributed by atoms with Gasteiger partial charge in [-0.2, -0.15) is 0 Å². The van der Waals surface area contributed by atoms with Crippen LogP contribution in [-0.2, 0) is 16.0 Å². The molecule has 1 N–H and O–H groups in total. The summed E-state index contributed by atoms with van der Waals surface area (Å²) in [5.74, 6) is -0.242. The van der Waals surface area contributed by atoms with Gasteiger partial charge in [0.05, 0.1) is 25.4 Å². The molecule has 1 heterocycles. The molecule has 13 heavy (non-hydrogen) atoms. The van der Waals surface area contributed by atoms with Crippen molar-refractivity contribution in [2.45, 2.75) is 6.42 Å². The first-order valence-corrected chi connectivity index (χ1v) is 4.61. The number of carbonyl (C=O) groups is 1. The number of nitrogens with zero attached hydrogens (tertiary/aromatic N) is 1. The molecule has 0 amide bonds. The molecule has 0 bridgehead atoms. The predicted octanol–water partition coefficient (Wildman–Crippen LogP) is 1.11. The van der Waals surface area contributed by atoms with Crippen LogP contribution in [0.1, 0.15) is 5.69 Å². The van der Waals surface area contributed by atoms with Crippen LogP contribution in [0, 0.1) is 3.57 Å². The lowest BCUT2D eigenvalue weighted by atomic mass is 10.3. The molecule has 70 valence electrons. The highest BCUT2D eigenvalue weighted by atomic mass is 127. The SMILES string of the molecule is COC(=O)Cc1ncc(O)cc1I. The van der Waals surface area contributed by atoms with Gasteiger partial charge in [0.15, 0.2) is 0 Å². The van der Waals surface area contributed by atoms with Gasteiger partial charge in [-0.15, -0.1) is 0 Å². The Morgan fingerprint density at radius 1 is 1.77 bits per heavy atom. The summed E-state index contributed by atoms with van der Waals surface area (Å²) in [6.45, 7) is 0. The van der Waals surface area contributed by atoms with E-state index >= 15 is 0 Å². The van der Waals surface area contributed by atoms with Crippen LogP contribution >= 0.6 is 22.6 Å². The standard InChI is InChI=1S/C8H8INO3/c1-13-8(12)3-7-6(9)2-5(11)4-10-7/h2,4,11H,3H2,1H3. The molecule has 0 spiro atoms. The molecule has 4 nitrogen and oxygen atoms in total. The van der Waals surface area contributed by atoms with E-state index < -0.39 is 0 Å². The third-order valence-corrected chi connectivity index (χ3v) is 2.38. The van der Waals surface area contributed by atoms with Gasteiger partial charge in [0, 0.05) is 3.57 Å². The average molecular weight is 293 g/mol. The molecule has 0 radical (unpaired) electrons. The van der Waals surface area contributed by atoms with Crippen LogP contribution in [0.15, 0.2) is 12.3 Å². The van der Waals surface area contributed by atoms with Crippen molar-refractivity contribution in [3.05, 3.63) is 21.5 Å². The summed E-state index contributed by atoms with van der Waals surface area (Å²) in [6, 6.07) is 1.55. The van der Waals surface area contributed by atoms with Crippen molar-refractivity contribution in [2.24, 2.45) is 0 Å². The summed E-state index contributed by atoms with van der Waals surface area (Å²) in [6.07, 6.45) is 1.44. The molecule has 0 fully saturated rings. The molecule has 0 aromatic carbocycles. The van der Waals surface area contributed by atoms with Gasteiger partial charge in [-0.3, -0.25) is 9.78 Å². The van der Waals surface area contributed by atoms with Crippen molar-refractivity contribution in [3.63, 3.8) is 0 Å². The van der Waals surface area contributed by atoms with Gasteiger partial charge >= 0.3 is 5.97 Å². The Morgan fingerprint density at radius 2 is 2.46 bits per heavy atom. The molecule has 0 unspecified atom stereocenters. The van der Waals surface area contributed by atoms with E-state index in [0.29, 0.717) is 5.69 Å². The summed E-state index contributed by atoms with van der Waals surface area (Å²) < 4.78 is 5.25. The van der Waals surface area contributed by atoms with Crippen molar-refractivity contribution >= 4 is 28.6 Å². The van der Waals surface area contributed by atoms with E-state index in [1.165, 1.54) is 13.3 Å². The molecule has 0 saturated carbocycles. The number of aromatic hydroxyl groups is 1. The lowest BCUT2D eigenvalue weighted by molar-refractivity contribution is -0.139. The van der Waals surface area contributed by atoms with E-state index in [1.807, 2.05) is 22.6 Å². The van der Waals surface area contributed by atoms with Gasteiger partial charge in [0.25, 0.3) is 0 Å². The number of pyridine rings is 1. The molecule has 0 atom stereocenters. The molecule has 5 heteroatoms. The minimum atomic E-state index is -0.337. The number of ether oxygens (including phenoxy) is 1. The van der Waals surface area contributed by atoms with E-state index in [9.17, 15) is 4.79 Å². The molecular weight excluding hydrogens is 285 g/mol. The van der Waals surface area contributed by atoms with Crippen molar-refractivity contribution in [2.75, 3.05) is 7.11 Å². The van der Waals surface area contributed by atoms with Crippen LogP contribution in [-0.4, -0.2) is 23.2 Å². The number of aromatic nitrogens is 1. The number of hydrogen-bond acceptors (Lipinski definition) is 4. The Morgan fingerprint density at radius 3 is 3.00 bits per heavy atom. The fraction of sp³-hybridized carbons (Fsp3) is 0.250. The minimum absolute atomic E-state index is 0.0954. The highest BCUT2D eigenvalue weighted by Crippen LogP contribution is 2.16. The molecule has 0 aliphatic heterocycles. The van der Waals surface area contributed by atoms with Crippen LogP contribution in [0.25, 0.3) is 0 Å². The number of hydrogen-bond donors (Lipinski definition) is 1. The van der Waals surface area contributed by atoms with Crippen LogP contribution in [0.2, 0.25) is 0 Å². The normalized spacial score (nSPS) is 9.69. The van der Waals surface area contributed by atoms with Crippen molar-refractivity contribution in [1.29, 1.82) is 0 Å². The highest BCUT2D eigenvalue weighted by molar-refractivity contribution is 14.1. The summed E-state index contributed by atoms with van der Waals surface area (Å²) in [5, 5.41) is 9.05. The molecule has 0 aliphatic rings. The second-order valence-corrected chi connectivity index (χ2v) is 3.54. The van der Waals surface area contributed by atoms with Crippen molar-refractivity contribution in [1.82, 2.24) is 4.98 Å². The first-order chi connectivity index (χ1) is 6.13. The smallest absolute Gasteiger partial charge is 0.311 e. The fourth-order valence-electron chi connectivity index (χ4n) is 0.795. The second kappa shape index (κ2) is 4.40. The molecule has 0 saturated heterocycles. The highest BCUT2D eigenvalue weighted by Gasteiger charge is 2.08. The van der Waals surface area contributed by atoms with Gasteiger partial charge in [0.2, 0.25) is 0 Å². The Bertz CT molecular complexity index is 327. The number of halogens is 1. The van der Waals surface area contributed by atoms with E-state index in [4.69, 9.17) is 5.11 Å². The summed E-state index contributed by atoms with van der Waals surface area (Å²) in [7, 11) is 1.33. The molecule has 1 rings (SSSR count). The van der Waals surface area contributed by atoms with Gasteiger partial charge in [-0.25, -0.2) is 0 Å². The number of rotatable bonds is 2. The third-order valence-electron chi connectivity index (χ3n) is 1.44. The zero-order valence-corrected chi connectivity index (χ0v) is 9.11. The lowest BCUT2D eigenvalue weighted by Crippen LogP contribution is -2.07. The number of esters is 1. The maximum absolute atomic E-state index is 10.9. The van der Waals surface area contributed by atoms with Gasteiger partial charge in [-0.05, 0) is 28.7 Å². The fourth-order valence-corrected chi connectivity index (χ4v) is 1.44. The summed E-state index contributed by atoms with van der Waals surface area (Å²) in [4.78, 5) is 14.8. The van der Waals surface area contributed by atoms with Crippen LogP contribution < -0.4 is 0 Å². The topological polar surface area (TPSA) is 59.4 Å². The summed E-state index contributed by atoms with van der Waals surface area (Å²) in [5.41, 5.74) is 0.616. The van der Waals surface area contributed by atoms with E-state index in [2.05, 4.69) is 9.72 Å². The predicted molar refractivity (Wildman–Crippen MR) is 54.3 cm³/mol. The Kier molecular flexibility index (Phi) is 3.47. The lowest BCUT2D eigenvalue weighted by Gasteiger charge is -2.01. The van der Waals surface area contributed by atoms with Crippen molar-refractivity contribution in [3.8, 4) is 5.75 Å². The monoisotopic (exact) mass is 293 g/mol. The molecule has 0 aliphatic carbocycles. The molecule has 1 aromatic rings. The largest absolute Gasteiger partial charge is 0.506 e. The van der Waals surface area contributed by atoms with Crippen LogP contribution in [0.4, 0.5) is 0 Å². The second-order valence-electron chi connectivity index (χ2n) is 2.37. The van der Waals surface area contributed by atoms with E-state index in [1.54, 1.807) is 6.07 Å². The Hall–Kier alpha value is -0.850. The zero-order valence-electron chi connectivity index (χ0n) is 6.95. The Labute approximate surface area is 89.1 Å². The van der Waals surface area contributed by atoms with E-state index in [0.717, 1.165) is 3.57 Å². The van der Waals surface area contributed by atoms with Gasteiger partial charge < -0.3 is 9.84 Å². The average Bonchev–Trinajstić information content (AvgIpc) is 2.09. The van der Waals surface area contributed by atoms with Gasteiger partial charge in [0.1, 0.15) is 5.75 Å². The first kappa shape index (κ1) is 10.2. The molecular formula is C8H8INO3. The third kappa shape index (κ3) is 2.83. The maximum Gasteiger partial charge on any atom is 0.311 e. The quantitative estimate of drug-likeness (QED) is 0.655. The van der Waals surface area contributed by atoms with Crippen molar-refractivity contribution < 1.29 is 14.6 Å². The van der Waals surface area contributed by atoms with Gasteiger partial charge in [-0.1, -0.05) is 0 Å². The Balaban J connectivity index is 2.83. The zero-order chi connectivity index (χ0) is 9.84. The number of methoxy groups -OCH3 is 1. The van der Waals surface area contributed by atoms with E-state index in [-0.39, 0.29) is 18.1 Å². The van der Waals surface area contributed by atoms with Crippen LogP contribution in [0.3, 0.4) is 0 Å². The summed E-state index contributed by atoms with van der Waals surface area (Å²) >= 11 is 2.01. The number of carbonyl (C=O) groups excluding carboxylic acids is 1. The maximum atomic E-state index is 10.9. The molecule has 1 aromatic heterocycles. The van der Waals surface area contributed by atoms with Crippen LogP contribution in [0.5, 0.6) is 5.75 Å². The first-order valence-electron chi connectivity index (χ1n) is 3.53. The minimum Gasteiger partial charge on any atom is -0.506 e.